The Morgan fingerprint density at radius 1 is 1.03 bits per heavy atom. The first-order chi connectivity index (χ1) is 16.1. The summed E-state index contributed by atoms with van der Waals surface area (Å²) in [5, 5.41) is 24.0. The van der Waals surface area contributed by atoms with Crippen LogP contribution >= 0.6 is 0 Å². The van der Waals surface area contributed by atoms with Crippen molar-refractivity contribution < 1.29 is 29.4 Å². The Labute approximate surface area is 194 Å². The lowest BCUT2D eigenvalue weighted by Gasteiger charge is -2.22. The second-order valence-corrected chi connectivity index (χ2v) is 7.68. The summed E-state index contributed by atoms with van der Waals surface area (Å²) >= 11 is 0. The lowest BCUT2D eigenvalue weighted by atomic mass is 10.0. The number of nitrogens with one attached hydrogen (secondary N) is 3. The van der Waals surface area contributed by atoms with Crippen LogP contribution in [0.3, 0.4) is 0 Å². The second-order valence-electron chi connectivity index (χ2n) is 7.68. The van der Waals surface area contributed by atoms with E-state index in [4.69, 9.17) is 22.3 Å². The standard InChI is InChI=1S/C21H29N7O6/c22-13(8-11-10-26-14-5-2-1-4-12(11)14)18(31)28-16(9-17(29)30)19(32)27-15(20(33)34)6-3-7-25-21(23)24/h1-2,4-5,10,13,15-16,26H,3,6-9,22H2,(H,27,32)(H,28,31)(H,29,30)(H,33,34)(H4,23,24,25)/t13-,15-,16-/m0/s1. The van der Waals surface area contributed by atoms with Gasteiger partial charge in [-0.3, -0.25) is 19.4 Å². The molecule has 1 aromatic carbocycles. The highest BCUT2D eigenvalue weighted by Crippen LogP contribution is 2.18. The van der Waals surface area contributed by atoms with Crippen molar-refractivity contribution >= 4 is 40.6 Å². The van der Waals surface area contributed by atoms with E-state index < -0.39 is 48.3 Å². The van der Waals surface area contributed by atoms with E-state index >= 15 is 0 Å². The summed E-state index contributed by atoms with van der Waals surface area (Å²) in [6, 6.07) is 3.52. The van der Waals surface area contributed by atoms with Crippen LogP contribution in [0.5, 0.6) is 0 Å². The third-order valence-electron chi connectivity index (χ3n) is 5.02. The van der Waals surface area contributed by atoms with E-state index in [1.165, 1.54) is 0 Å². The molecule has 13 nitrogen and oxygen atoms in total. The maximum absolute atomic E-state index is 12.6. The fraction of sp³-hybridized carbons (Fsp3) is 0.381. The van der Waals surface area contributed by atoms with Crippen LogP contribution in [-0.4, -0.2) is 69.6 Å². The highest BCUT2D eigenvalue weighted by Gasteiger charge is 2.29. The predicted octanol–water partition coefficient (Wildman–Crippen LogP) is -1.38. The fourth-order valence-corrected chi connectivity index (χ4v) is 3.33. The molecule has 0 bridgehead atoms. The van der Waals surface area contributed by atoms with Gasteiger partial charge in [0.25, 0.3) is 0 Å². The molecule has 11 N–H and O–H groups in total. The predicted molar refractivity (Wildman–Crippen MR) is 124 cm³/mol. The number of rotatable bonds is 13. The van der Waals surface area contributed by atoms with Crippen LogP contribution < -0.4 is 27.8 Å². The maximum atomic E-state index is 12.6. The van der Waals surface area contributed by atoms with Crippen molar-refractivity contribution in [3.63, 3.8) is 0 Å². The molecule has 0 aliphatic heterocycles. The van der Waals surface area contributed by atoms with Crippen LogP contribution in [0.1, 0.15) is 24.8 Å². The number of aromatic amines is 1. The average molecular weight is 476 g/mol. The van der Waals surface area contributed by atoms with Crippen molar-refractivity contribution in [3.05, 3.63) is 36.0 Å². The number of carboxylic acids is 2. The lowest BCUT2D eigenvalue weighted by Crippen LogP contribution is -2.55. The van der Waals surface area contributed by atoms with E-state index in [0.29, 0.717) is 0 Å². The number of nitrogens with zero attached hydrogens (tertiary/aromatic N) is 1. The number of carbonyl (C=O) groups excluding carboxylic acids is 2. The number of H-pyrrole nitrogens is 1. The van der Waals surface area contributed by atoms with E-state index in [0.717, 1.165) is 16.5 Å². The van der Waals surface area contributed by atoms with Gasteiger partial charge in [0.2, 0.25) is 11.8 Å². The Bertz CT molecular complexity index is 1060. The number of para-hydroxylation sites is 1. The van der Waals surface area contributed by atoms with Gasteiger partial charge in [-0.25, -0.2) is 4.79 Å². The largest absolute Gasteiger partial charge is 0.481 e. The SMILES string of the molecule is NC(N)=NCCC[C@H](NC(=O)[C@H](CC(=O)O)NC(=O)[C@@H](N)Cc1c[nH]c2ccccc12)C(=O)O. The van der Waals surface area contributed by atoms with Gasteiger partial charge >= 0.3 is 11.9 Å². The first-order valence-electron chi connectivity index (χ1n) is 10.5. The van der Waals surface area contributed by atoms with Gasteiger partial charge in [-0.05, 0) is 30.9 Å². The van der Waals surface area contributed by atoms with Crippen LogP contribution in [0.2, 0.25) is 0 Å². The van der Waals surface area contributed by atoms with Crippen molar-refractivity contribution in [2.75, 3.05) is 6.54 Å². The van der Waals surface area contributed by atoms with Crippen molar-refractivity contribution in [2.45, 2.75) is 43.8 Å². The van der Waals surface area contributed by atoms with Gasteiger partial charge in [-0.15, -0.1) is 0 Å². The molecular formula is C21H29N7O6. The molecule has 2 rings (SSSR count). The molecule has 0 radical (unpaired) electrons. The number of carboxylic acid groups (broad SMARTS) is 2. The smallest absolute Gasteiger partial charge is 0.326 e. The Balaban J connectivity index is 2.02. The minimum atomic E-state index is -1.52. The Morgan fingerprint density at radius 2 is 1.71 bits per heavy atom. The van der Waals surface area contributed by atoms with E-state index in [-0.39, 0.29) is 31.8 Å². The minimum absolute atomic E-state index is 0.00827. The molecule has 13 heteroatoms. The van der Waals surface area contributed by atoms with Gasteiger partial charge in [0, 0.05) is 23.6 Å². The third kappa shape index (κ3) is 7.78. The zero-order valence-electron chi connectivity index (χ0n) is 18.4. The van der Waals surface area contributed by atoms with E-state index in [9.17, 15) is 24.3 Å². The minimum Gasteiger partial charge on any atom is -0.481 e. The Morgan fingerprint density at radius 3 is 2.35 bits per heavy atom. The van der Waals surface area contributed by atoms with Crippen molar-refractivity contribution in [1.29, 1.82) is 0 Å². The number of nitrogens with two attached hydrogens (primary N) is 3. The first-order valence-corrected chi connectivity index (χ1v) is 10.5. The van der Waals surface area contributed by atoms with Gasteiger partial charge < -0.3 is 43.0 Å². The molecule has 184 valence electrons. The summed E-state index contributed by atoms with van der Waals surface area (Å²) < 4.78 is 0. The zero-order valence-corrected chi connectivity index (χ0v) is 18.4. The zero-order chi connectivity index (χ0) is 25.3. The van der Waals surface area contributed by atoms with Crippen LogP contribution in [0.15, 0.2) is 35.5 Å². The van der Waals surface area contributed by atoms with Gasteiger partial charge in [0.15, 0.2) is 5.96 Å². The summed E-state index contributed by atoms with van der Waals surface area (Å²) in [6.45, 7) is 0.153. The number of benzene rings is 1. The molecule has 3 atom stereocenters. The van der Waals surface area contributed by atoms with Crippen LogP contribution in [0, 0.1) is 0 Å². The van der Waals surface area contributed by atoms with Crippen LogP contribution in [0.4, 0.5) is 0 Å². The molecule has 1 aromatic heterocycles. The number of aliphatic imine (C=N–C) groups is 1. The van der Waals surface area contributed by atoms with Crippen molar-refractivity contribution in [1.82, 2.24) is 15.6 Å². The topological polar surface area (TPSA) is 239 Å². The summed E-state index contributed by atoms with van der Waals surface area (Å²) in [7, 11) is 0. The molecule has 0 aliphatic carbocycles. The number of hydrogen-bond donors (Lipinski definition) is 8. The van der Waals surface area contributed by atoms with E-state index in [1.54, 1.807) is 6.20 Å². The first kappa shape index (κ1) is 26.1. The summed E-state index contributed by atoms with van der Waals surface area (Å²) in [5.74, 6) is -4.53. The molecule has 0 fully saturated rings. The molecule has 34 heavy (non-hydrogen) atoms. The Hall–Kier alpha value is -4.13. The highest BCUT2D eigenvalue weighted by atomic mass is 16.4. The molecular weight excluding hydrogens is 446 g/mol. The maximum Gasteiger partial charge on any atom is 0.326 e. The molecule has 2 aromatic rings. The summed E-state index contributed by atoms with van der Waals surface area (Å²) in [4.78, 5) is 54.8. The monoisotopic (exact) mass is 475 g/mol. The number of aromatic nitrogens is 1. The molecule has 2 amide bonds. The van der Waals surface area contributed by atoms with Gasteiger partial charge in [-0.1, -0.05) is 18.2 Å². The quantitative estimate of drug-likeness (QED) is 0.0965. The number of carbonyl (C=O) groups is 4. The summed E-state index contributed by atoms with van der Waals surface area (Å²) in [5.41, 5.74) is 18.1. The summed E-state index contributed by atoms with van der Waals surface area (Å²) in [6.07, 6.45) is 1.35. The van der Waals surface area contributed by atoms with Crippen molar-refractivity contribution in [2.24, 2.45) is 22.2 Å². The number of amides is 2. The number of fused-ring (bicyclic) bond motifs is 1. The van der Waals surface area contributed by atoms with Gasteiger partial charge in [-0.2, -0.15) is 0 Å². The fourth-order valence-electron chi connectivity index (χ4n) is 3.33. The van der Waals surface area contributed by atoms with Crippen LogP contribution in [0.25, 0.3) is 10.9 Å². The normalized spacial score (nSPS) is 13.4. The molecule has 1 heterocycles. The molecule has 0 saturated carbocycles. The van der Waals surface area contributed by atoms with E-state index in [2.05, 4.69) is 20.6 Å². The molecule has 0 unspecified atom stereocenters. The van der Waals surface area contributed by atoms with Gasteiger partial charge in [0.1, 0.15) is 12.1 Å². The second kappa shape index (κ2) is 12.2. The third-order valence-corrected chi connectivity index (χ3v) is 5.02. The molecule has 0 saturated heterocycles. The van der Waals surface area contributed by atoms with E-state index in [1.807, 2.05) is 24.3 Å². The Kier molecular flexibility index (Phi) is 9.38. The molecule has 0 aliphatic rings. The average Bonchev–Trinajstić information content (AvgIpc) is 3.17. The lowest BCUT2D eigenvalue weighted by molar-refractivity contribution is -0.143. The number of guanidine groups is 1. The van der Waals surface area contributed by atoms with Crippen LogP contribution in [-0.2, 0) is 25.6 Å². The van der Waals surface area contributed by atoms with Gasteiger partial charge in [0.05, 0.1) is 12.5 Å². The molecule has 0 spiro atoms. The highest BCUT2D eigenvalue weighted by molar-refractivity contribution is 5.94. The van der Waals surface area contributed by atoms with Crippen molar-refractivity contribution in [3.8, 4) is 0 Å². The number of hydrogen-bond acceptors (Lipinski definition) is 6. The number of aliphatic carboxylic acids is 2.